The fourth-order valence-electron chi connectivity index (χ4n) is 1.17. The predicted molar refractivity (Wildman–Crippen MR) is 59.2 cm³/mol. The van der Waals surface area contributed by atoms with Crippen LogP contribution in [0.1, 0.15) is 0 Å². The minimum atomic E-state index is -1.45. The molecule has 0 spiro atoms. The molecule has 0 amide bonds. The van der Waals surface area contributed by atoms with Gasteiger partial charge in [0.15, 0.2) is 0 Å². The van der Waals surface area contributed by atoms with Gasteiger partial charge in [-0.2, -0.15) is 0 Å². The van der Waals surface area contributed by atoms with Crippen molar-refractivity contribution in [2.75, 3.05) is 25.7 Å². The molecule has 0 aromatic carbocycles. The number of carbonyl (C=O) groups is 2. The molecule has 0 aliphatic carbocycles. The van der Waals surface area contributed by atoms with E-state index in [1.54, 1.807) is 0 Å². The van der Waals surface area contributed by atoms with Crippen molar-refractivity contribution in [3.63, 3.8) is 0 Å². The van der Waals surface area contributed by atoms with Crippen molar-refractivity contribution < 1.29 is 36.2 Å². The molecule has 84 valence electrons. The molecule has 7 heteroatoms. The zero-order valence-corrected chi connectivity index (χ0v) is 13.6. The van der Waals surface area contributed by atoms with Crippen LogP contribution in [0, 0.1) is 0 Å². The molecule has 0 heterocycles. The molecule has 0 aromatic heterocycles. The van der Waals surface area contributed by atoms with Gasteiger partial charge in [-0.25, -0.2) is 0 Å². The molecule has 4 nitrogen and oxygen atoms in total. The van der Waals surface area contributed by atoms with Crippen molar-refractivity contribution in [2.24, 2.45) is 0 Å². The molecule has 0 radical (unpaired) electrons. The molecular formula is C8H14O4S2Zn. The van der Waals surface area contributed by atoms with E-state index in [2.05, 4.69) is 34.7 Å². The Bertz CT molecular complexity index is 203. The second-order valence-electron chi connectivity index (χ2n) is 3.04. The Morgan fingerprint density at radius 3 is 1.60 bits per heavy atom. The normalized spacial score (nSPS) is 13.6. The van der Waals surface area contributed by atoms with E-state index in [1.165, 1.54) is 14.2 Å². The van der Waals surface area contributed by atoms with Gasteiger partial charge in [0, 0.05) is 0 Å². The minimum absolute atomic E-state index is 0.206. The summed E-state index contributed by atoms with van der Waals surface area (Å²) in [6.07, 6.45) is 0. The van der Waals surface area contributed by atoms with Gasteiger partial charge in [0.1, 0.15) is 0 Å². The first-order chi connectivity index (χ1) is 7.10. The number of carbonyl (C=O) groups excluding carboxylic acids is 2. The second kappa shape index (κ2) is 8.42. The van der Waals surface area contributed by atoms with Gasteiger partial charge in [-0.3, -0.25) is 0 Å². The zero-order valence-electron chi connectivity index (χ0n) is 8.80. The summed E-state index contributed by atoms with van der Waals surface area (Å²) < 4.78 is 8.88. The number of methoxy groups -OCH3 is 2. The van der Waals surface area contributed by atoms with Gasteiger partial charge >= 0.3 is 108 Å². The van der Waals surface area contributed by atoms with Gasteiger partial charge in [0.2, 0.25) is 0 Å². The molecule has 0 bridgehead atoms. The summed E-state index contributed by atoms with van der Waals surface area (Å²) in [6.45, 7) is 0. The number of hydrogen-bond acceptors (Lipinski definition) is 6. The fraction of sp³-hybridized carbons (Fsp3) is 0.750. The zero-order chi connectivity index (χ0) is 11.8. The van der Waals surface area contributed by atoms with Gasteiger partial charge in [-0.05, 0) is 0 Å². The third kappa shape index (κ3) is 5.22. The Balaban J connectivity index is 4.36. The van der Waals surface area contributed by atoms with Crippen LogP contribution in [-0.2, 0) is 36.2 Å². The van der Waals surface area contributed by atoms with E-state index >= 15 is 0 Å². The van der Waals surface area contributed by atoms with Gasteiger partial charge in [0.05, 0.1) is 0 Å². The average Bonchev–Trinajstić information content (AvgIpc) is 2.28. The van der Waals surface area contributed by atoms with E-state index in [9.17, 15) is 9.59 Å². The molecule has 0 saturated carbocycles. The Labute approximate surface area is 108 Å². The summed E-state index contributed by atoms with van der Waals surface area (Å²) in [5.74, 6) is 0.295. The summed E-state index contributed by atoms with van der Waals surface area (Å²) in [4.78, 5) is 22.6. The van der Waals surface area contributed by atoms with E-state index in [0.717, 1.165) is 0 Å². The van der Waals surface area contributed by atoms with Gasteiger partial charge < -0.3 is 0 Å². The summed E-state index contributed by atoms with van der Waals surface area (Å²) in [7, 11) is 2.68. The van der Waals surface area contributed by atoms with E-state index in [-0.39, 0.29) is 21.0 Å². The number of thiol groups is 2. The standard InChI is InChI=1S/2C4H7O2S.Zn/c2*1-6-4(5)2-3-7;/h2*2,7H,3H2,1H3;. The van der Waals surface area contributed by atoms with Crippen LogP contribution >= 0.6 is 25.3 Å². The maximum absolute atomic E-state index is 11.3. The van der Waals surface area contributed by atoms with Crippen LogP contribution in [0.4, 0.5) is 0 Å². The number of hydrogen-bond donors (Lipinski definition) is 2. The van der Waals surface area contributed by atoms with Crippen molar-refractivity contribution in [1.29, 1.82) is 0 Å². The molecule has 0 saturated heterocycles. The van der Waals surface area contributed by atoms with Gasteiger partial charge in [-0.1, -0.05) is 0 Å². The average molecular weight is 304 g/mol. The molecule has 0 fully saturated rings. The van der Waals surface area contributed by atoms with Crippen molar-refractivity contribution in [1.82, 2.24) is 0 Å². The summed E-state index contributed by atoms with van der Waals surface area (Å²) in [6, 6.07) is 0. The van der Waals surface area contributed by atoms with Crippen molar-refractivity contribution >= 4 is 37.2 Å². The molecule has 0 aromatic rings. The Morgan fingerprint density at radius 2 is 1.40 bits per heavy atom. The second-order valence-corrected chi connectivity index (χ2v) is 8.90. The van der Waals surface area contributed by atoms with E-state index in [4.69, 9.17) is 0 Å². The molecule has 0 N–H and O–H groups in total. The van der Waals surface area contributed by atoms with Gasteiger partial charge in [0.25, 0.3) is 0 Å². The fourth-order valence-corrected chi connectivity index (χ4v) is 6.59. The number of rotatable bonds is 6. The van der Waals surface area contributed by atoms with Gasteiger partial charge in [-0.15, -0.1) is 0 Å². The maximum atomic E-state index is 11.3. The number of esters is 2. The first-order valence-corrected chi connectivity index (χ1v) is 9.17. The van der Waals surface area contributed by atoms with Crippen LogP contribution in [-0.4, -0.2) is 37.7 Å². The summed E-state index contributed by atoms with van der Waals surface area (Å²) >= 11 is 6.73. The van der Waals surface area contributed by atoms with Crippen LogP contribution < -0.4 is 0 Å². The molecule has 0 rings (SSSR count). The van der Waals surface area contributed by atoms with Crippen LogP contribution in [0.15, 0.2) is 0 Å². The van der Waals surface area contributed by atoms with Crippen LogP contribution in [0.25, 0.3) is 0 Å². The van der Waals surface area contributed by atoms with Crippen molar-refractivity contribution in [3.8, 4) is 0 Å². The van der Waals surface area contributed by atoms with E-state index in [1.807, 2.05) is 0 Å². The third-order valence-corrected chi connectivity index (χ3v) is 10.00. The van der Waals surface area contributed by atoms with E-state index < -0.39 is 17.1 Å². The molecule has 2 unspecified atom stereocenters. The monoisotopic (exact) mass is 302 g/mol. The molecule has 0 aliphatic rings. The van der Waals surface area contributed by atoms with Crippen molar-refractivity contribution in [3.05, 3.63) is 0 Å². The SMILES string of the molecule is COC(=O)[CH](CS)[Zn][CH](CS)C(=O)OC. The quantitative estimate of drug-likeness (QED) is 0.434. The Hall–Kier alpha value is 0.263. The Morgan fingerprint density at radius 1 is 1.07 bits per heavy atom. The predicted octanol–water partition coefficient (Wildman–Crippen LogP) is 0.851. The molecule has 15 heavy (non-hydrogen) atoms. The summed E-state index contributed by atoms with van der Waals surface area (Å²) in [5, 5.41) is 0. The van der Waals surface area contributed by atoms with Crippen LogP contribution in [0.3, 0.4) is 0 Å². The molecule has 2 atom stereocenters. The van der Waals surface area contributed by atoms with E-state index in [0.29, 0.717) is 11.5 Å². The number of ether oxygens (including phenoxy) is 2. The summed E-state index contributed by atoms with van der Waals surface area (Å²) in [5.41, 5.74) is 0. The Kier molecular flexibility index (Phi) is 8.57. The van der Waals surface area contributed by atoms with Crippen LogP contribution in [0.2, 0.25) is 9.02 Å². The topological polar surface area (TPSA) is 52.6 Å². The molecular weight excluding hydrogens is 290 g/mol. The molecule has 0 aliphatic heterocycles. The third-order valence-electron chi connectivity index (χ3n) is 2.08. The van der Waals surface area contributed by atoms with Crippen LogP contribution in [0.5, 0.6) is 0 Å². The van der Waals surface area contributed by atoms with Crippen molar-refractivity contribution in [2.45, 2.75) is 9.02 Å². The first-order valence-electron chi connectivity index (χ1n) is 4.48. The first kappa shape index (κ1) is 15.3.